The van der Waals surface area contributed by atoms with Crippen molar-refractivity contribution in [3.8, 4) is 11.5 Å². The van der Waals surface area contributed by atoms with E-state index in [1.807, 2.05) is 13.0 Å². The van der Waals surface area contributed by atoms with Gasteiger partial charge in [0, 0.05) is 0 Å². The van der Waals surface area contributed by atoms with E-state index in [-0.39, 0.29) is 42.1 Å². The number of ether oxygens (including phenoxy) is 2. The Morgan fingerprint density at radius 1 is 1.06 bits per heavy atom. The van der Waals surface area contributed by atoms with Crippen LogP contribution in [0.25, 0.3) is 0 Å². The average Bonchev–Trinajstić information content (AvgIpc) is 3.48. The van der Waals surface area contributed by atoms with Crippen molar-refractivity contribution in [3.05, 3.63) is 68.1 Å². The summed E-state index contributed by atoms with van der Waals surface area (Å²) in [7, 11) is 0. The quantitative estimate of drug-likeness (QED) is 0.240. The van der Waals surface area contributed by atoms with Crippen molar-refractivity contribution >= 4 is 57.2 Å². The van der Waals surface area contributed by atoms with E-state index < -0.39 is 0 Å². The summed E-state index contributed by atoms with van der Waals surface area (Å²) in [6.07, 6.45) is 6.51. The Labute approximate surface area is 215 Å². The molecule has 0 N–H and O–H groups in total. The summed E-state index contributed by atoms with van der Waals surface area (Å²) in [4.78, 5) is 25.7. The second kappa shape index (κ2) is 9.36. The first-order valence-electron chi connectivity index (χ1n) is 11.0. The summed E-state index contributed by atoms with van der Waals surface area (Å²) in [5, 5.41) is 6.22. The van der Waals surface area contributed by atoms with E-state index in [1.165, 1.54) is 6.21 Å². The molecule has 34 heavy (non-hydrogen) atoms. The maximum absolute atomic E-state index is 12.8. The van der Waals surface area contributed by atoms with Crippen LogP contribution in [0.2, 0.25) is 10.0 Å². The number of halogens is 3. The van der Waals surface area contributed by atoms with Gasteiger partial charge in [-0.25, -0.2) is 0 Å². The van der Waals surface area contributed by atoms with Crippen molar-refractivity contribution in [2.24, 2.45) is 28.8 Å². The minimum Gasteiger partial charge on any atom is -0.490 e. The van der Waals surface area contributed by atoms with Gasteiger partial charge in [-0.1, -0.05) is 41.4 Å². The Morgan fingerprint density at radius 2 is 1.76 bits per heavy atom. The largest absolute Gasteiger partial charge is 0.490 e. The van der Waals surface area contributed by atoms with Crippen LogP contribution in [0.4, 0.5) is 0 Å². The first-order valence-corrected chi connectivity index (χ1v) is 12.6. The lowest BCUT2D eigenvalue weighted by Crippen LogP contribution is -2.28. The van der Waals surface area contributed by atoms with E-state index >= 15 is 0 Å². The van der Waals surface area contributed by atoms with Crippen molar-refractivity contribution in [1.29, 1.82) is 0 Å². The molecule has 3 aliphatic rings. The number of hydrazone groups is 1. The van der Waals surface area contributed by atoms with Gasteiger partial charge in [0.25, 0.3) is 11.8 Å². The molecule has 2 amide bonds. The van der Waals surface area contributed by atoms with E-state index in [2.05, 4.69) is 33.2 Å². The number of hydrogen-bond acceptors (Lipinski definition) is 5. The molecule has 0 aromatic heterocycles. The molecule has 176 valence electrons. The fourth-order valence-electron chi connectivity index (χ4n) is 4.98. The third kappa shape index (κ3) is 4.14. The van der Waals surface area contributed by atoms with Gasteiger partial charge in [0.1, 0.15) is 6.61 Å². The fourth-order valence-corrected chi connectivity index (χ4v) is 5.87. The van der Waals surface area contributed by atoms with Gasteiger partial charge in [-0.3, -0.25) is 9.59 Å². The molecule has 9 heteroatoms. The van der Waals surface area contributed by atoms with Gasteiger partial charge < -0.3 is 9.47 Å². The van der Waals surface area contributed by atoms with E-state index in [4.69, 9.17) is 32.7 Å². The van der Waals surface area contributed by atoms with Crippen molar-refractivity contribution < 1.29 is 19.1 Å². The molecule has 2 aliphatic carbocycles. The zero-order valence-corrected chi connectivity index (χ0v) is 21.3. The highest BCUT2D eigenvalue weighted by Crippen LogP contribution is 2.52. The van der Waals surface area contributed by atoms with Crippen molar-refractivity contribution in [1.82, 2.24) is 5.01 Å². The zero-order valence-electron chi connectivity index (χ0n) is 18.2. The van der Waals surface area contributed by atoms with E-state index in [0.717, 1.165) is 17.0 Å². The predicted octanol–water partition coefficient (Wildman–Crippen LogP) is 5.87. The van der Waals surface area contributed by atoms with Crippen LogP contribution in [0.1, 0.15) is 24.5 Å². The Kier molecular flexibility index (Phi) is 6.44. The molecule has 1 heterocycles. The molecule has 1 aliphatic heterocycles. The molecule has 2 fully saturated rings. The smallest absolute Gasteiger partial charge is 0.254 e. The summed E-state index contributed by atoms with van der Waals surface area (Å²) in [6.45, 7) is 2.57. The molecule has 0 spiro atoms. The van der Waals surface area contributed by atoms with Crippen molar-refractivity contribution in [3.63, 3.8) is 0 Å². The number of hydrogen-bond donors (Lipinski definition) is 0. The maximum atomic E-state index is 12.8. The second-order valence-corrected chi connectivity index (χ2v) is 10.2. The van der Waals surface area contributed by atoms with Crippen LogP contribution in [0.15, 0.2) is 52.1 Å². The number of nitrogens with zero attached hydrogens (tertiary/aromatic N) is 2. The lowest BCUT2D eigenvalue weighted by atomic mass is 9.85. The number of imide groups is 1. The Hall–Kier alpha value is -2.35. The van der Waals surface area contributed by atoms with Crippen LogP contribution >= 0.6 is 39.1 Å². The van der Waals surface area contributed by atoms with Crippen LogP contribution in [0.3, 0.4) is 0 Å². The highest BCUT2D eigenvalue weighted by atomic mass is 79.9. The maximum Gasteiger partial charge on any atom is 0.254 e. The van der Waals surface area contributed by atoms with Crippen LogP contribution in [-0.4, -0.2) is 29.6 Å². The number of rotatable bonds is 7. The van der Waals surface area contributed by atoms with E-state index in [0.29, 0.717) is 38.2 Å². The van der Waals surface area contributed by atoms with Gasteiger partial charge in [-0.05, 0) is 76.5 Å². The first kappa shape index (κ1) is 23.4. The summed E-state index contributed by atoms with van der Waals surface area (Å²) in [5.74, 6) is 0.356. The van der Waals surface area contributed by atoms with Gasteiger partial charge in [0.05, 0.1) is 39.2 Å². The van der Waals surface area contributed by atoms with Gasteiger partial charge >= 0.3 is 0 Å². The lowest BCUT2D eigenvalue weighted by molar-refractivity contribution is -0.140. The Morgan fingerprint density at radius 3 is 2.41 bits per heavy atom. The molecular weight excluding hydrogens is 543 g/mol. The standard InChI is InChI=1S/C25H21BrCl2N2O4/c1-2-33-20-9-14(7-17(26)23(20)34-12-13-3-6-18(27)19(28)8-13)11-29-30-24(31)21-15-4-5-16(10-15)22(21)25(30)32/h3-9,11,15-16,21-22H,2,10,12H2,1H3/t15-,16-,21-,22+/m0/s1. The summed E-state index contributed by atoms with van der Waals surface area (Å²) < 4.78 is 12.4. The number of allylic oxidation sites excluding steroid dienone is 2. The summed E-state index contributed by atoms with van der Waals surface area (Å²) in [5.41, 5.74) is 1.52. The van der Waals surface area contributed by atoms with Crippen LogP contribution in [0, 0.1) is 23.7 Å². The second-order valence-electron chi connectivity index (χ2n) is 8.53. The molecule has 1 saturated carbocycles. The average molecular weight is 564 g/mol. The fraction of sp³-hybridized carbons (Fsp3) is 0.320. The highest BCUT2D eigenvalue weighted by molar-refractivity contribution is 9.10. The van der Waals surface area contributed by atoms with Gasteiger partial charge in [-0.2, -0.15) is 10.1 Å². The van der Waals surface area contributed by atoms with Crippen LogP contribution < -0.4 is 9.47 Å². The molecular formula is C25H21BrCl2N2O4. The molecule has 2 aromatic rings. The van der Waals surface area contributed by atoms with Gasteiger partial charge in [0.15, 0.2) is 11.5 Å². The zero-order chi connectivity index (χ0) is 24.0. The minimum absolute atomic E-state index is 0.150. The molecule has 2 bridgehead atoms. The number of carbonyl (C=O) groups excluding carboxylic acids is 2. The van der Waals surface area contributed by atoms with Crippen molar-refractivity contribution in [2.45, 2.75) is 20.0 Å². The minimum atomic E-state index is -0.275. The van der Waals surface area contributed by atoms with Gasteiger partial charge in [0.2, 0.25) is 0 Å². The monoisotopic (exact) mass is 562 g/mol. The molecule has 0 radical (unpaired) electrons. The third-order valence-electron chi connectivity index (χ3n) is 6.47. The molecule has 4 atom stereocenters. The van der Waals surface area contributed by atoms with Crippen molar-refractivity contribution in [2.75, 3.05) is 6.61 Å². The Bertz CT molecular complexity index is 1200. The summed E-state index contributed by atoms with van der Waals surface area (Å²) >= 11 is 15.6. The van der Waals surface area contributed by atoms with Crippen LogP contribution in [0.5, 0.6) is 11.5 Å². The number of amides is 2. The first-order chi connectivity index (χ1) is 16.4. The van der Waals surface area contributed by atoms with Gasteiger partial charge in [-0.15, -0.1) is 0 Å². The SMILES string of the molecule is CCOc1cc(C=NN2C(=O)[C@@H]3[C@H](C2=O)[C@H]2C=C[C@H]3C2)cc(Br)c1OCc1ccc(Cl)c(Cl)c1. The molecule has 2 aromatic carbocycles. The van der Waals surface area contributed by atoms with Crippen LogP contribution in [-0.2, 0) is 16.2 Å². The number of carbonyl (C=O) groups is 2. The molecule has 1 saturated heterocycles. The number of fused-ring (bicyclic) bond motifs is 5. The Balaban J connectivity index is 1.35. The topological polar surface area (TPSA) is 68.2 Å². The van der Waals surface area contributed by atoms with E-state index in [1.54, 1.807) is 24.3 Å². The normalized spacial score (nSPS) is 25.0. The lowest BCUT2D eigenvalue weighted by Gasteiger charge is -2.15. The van der Waals surface area contributed by atoms with E-state index in [9.17, 15) is 9.59 Å². The highest BCUT2D eigenvalue weighted by Gasteiger charge is 2.59. The molecule has 5 rings (SSSR count). The predicted molar refractivity (Wildman–Crippen MR) is 133 cm³/mol. The third-order valence-corrected chi connectivity index (χ3v) is 7.80. The summed E-state index contributed by atoms with van der Waals surface area (Å²) in [6, 6.07) is 8.87. The molecule has 0 unspecified atom stereocenters. The number of benzene rings is 2. The molecule has 6 nitrogen and oxygen atoms in total.